The lowest BCUT2D eigenvalue weighted by Gasteiger charge is -2.35. The van der Waals surface area contributed by atoms with Crippen molar-refractivity contribution in [1.82, 2.24) is 15.1 Å². The summed E-state index contributed by atoms with van der Waals surface area (Å²) in [4.78, 5) is 14.9. The van der Waals surface area contributed by atoms with Crippen LogP contribution in [0.5, 0.6) is 11.5 Å². The number of amides is 1. The molecule has 8 heteroatoms. The van der Waals surface area contributed by atoms with Gasteiger partial charge < -0.3 is 20.1 Å². The third-order valence-electron chi connectivity index (χ3n) is 5.05. The van der Waals surface area contributed by atoms with Gasteiger partial charge in [-0.15, -0.1) is 5.10 Å². The molecule has 1 aliphatic rings. The average Bonchev–Trinajstić information content (AvgIpc) is 2.74. The van der Waals surface area contributed by atoms with Crippen LogP contribution in [-0.4, -0.2) is 60.4 Å². The second-order valence-electron chi connectivity index (χ2n) is 6.79. The SMILES string of the molecule is COc1ccc(NC(=O)C(C)N2CCC(Nc3cccnn3)CC2)c(OC)c1. The number of hydrogen-bond donors (Lipinski definition) is 2. The minimum atomic E-state index is -0.232. The maximum absolute atomic E-state index is 12.7. The van der Waals surface area contributed by atoms with Crippen LogP contribution in [0.4, 0.5) is 11.5 Å². The molecule has 1 atom stereocenters. The first kappa shape index (κ1) is 19.9. The van der Waals surface area contributed by atoms with Gasteiger partial charge in [0.25, 0.3) is 0 Å². The Bertz CT molecular complexity index is 779. The number of rotatable bonds is 7. The minimum Gasteiger partial charge on any atom is -0.497 e. The average molecular weight is 385 g/mol. The fourth-order valence-corrected chi connectivity index (χ4v) is 3.32. The summed E-state index contributed by atoms with van der Waals surface area (Å²) in [5.74, 6) is 1.99. The smallest absolute Gasteiger partial charge is 0.241 e. The molecule has 0 saturated carbocycles. The number of carbonyl (C=O) groups is 1. The van der Waals surface area contributed by atoms with Gasteiger partial charge in [-0.05, 0) is 44.0 Å². The van der Waals surface area contributed by atoms with Gasteiger partial charge in [0.15, 0.2) is 0 Å². The summed E-state index contributed by atoms with van der Waals surface area (Å²) in [6.07, 6.45) is 3.55. The molecular formula is C20H27N5O3. The molecule has 1 unspecified atom stereocenters. The van der Waals surface area contributed by atoms with Gasteiger partial charge in [-0.25, -0.2) is 0 Å². The lowest BCUT2D eigenvalue weighted by molar-refractivity contribution is -0.121. The highest BCUT2D eigenvalue weighted by Crippen LogP contribution is 2.29. The van der Waals surface area contributed by atoms with Crippen molar-refractivity contribution in [2.45, 2.75) is 31.8 Å². The zero-order chi connectivity index (χ0) is 19.9. The monoisotopic (exact) mass is 385 g/mol. The molecule has 3 rings (SSSR count). The van der Waals surface area contributed by atoms with Gasteiger partial charge in [-0.3, -0.25) is 9.69 Å². The highest BCUT2D eigenvalue weighted by molar-refractivity contribution is 5.96. The third kappa shape index (κ3) is 4.89. The van der Waals surface area contributed by atoms with Gasteiger partial charge >= 0.3 is 0 Å². The normalized spacial score (nSPS) is 16.2. The van der Waals surface area contributed by atoms with Gasteiger partial charge in [0.05, 0.1) is 25.9 Å². The van der Waals surface area contributed by atoms with E-state index in [0.717, 1.165) is 31.7 Å². The van der Waals surface area contributed by atoms with Gasteiger partial charge in [0.1, 0.15) is 17.3 Å². The highest BCUT2D eigenvalue weighted by atomic mass is 16.5. The number of carbonyl (C=O) groups excluding carboxylic acids is 1. The van der Waals surface area contributed by atoms with Gasteiger partial charge in [0, 0.05) is 31.4 Å². The number of ether oxygens (including phenoxy) is 2. The van der Waals surface area contributed by atoms with Crippen LogP contribution < -0.4 is 20.1 Å². The molecule has 150 valence electrons. The number of anilines is 2. The Morgan fingerprint density at radius 2 is 2.00 bits per heavy atom. The van der Waals surface area contributed by atoms with E-state index in [0.29, 0.717) is 23.2 Å². The first-order valence-corrected chi connectivity index (χ1v) is 9.42. The molecule has 1 aliphatic heterocycles. The Labute approximate surface area is 165 Å². The third-order valence-corrected chi connectivity index (χ3v) is 5.05. The molecule has 1 amide bonds. The lowest BCUT2D eigenvalue weighted by atomic mass is 10.0. The van der Waals surface area contributed by atoms with E-state index in [9.17, 15) is 4.79 Å². The van der Waals surface area contributed by atoms with E-state index in [4.69, 9.17) is 9.47 Å². The molecule has 1 saturated heterocycles. The maximum atomic E-state index is 12.7. The van der Waals surface area contributed by atoms with Crippen molar-refractivity contribution in [2.75, 3.05) is 37.9 Å². The predicted molar refractivity (Wildman–Crippen MR) is 108 cm³/mol. The maximum Gasteiger partial charge on any atom is 0.241 e. The molecule has 0 aliphatic carbocycles. The number of piperidine rings is 1. The molecule has 0 spiro atoms. The first-order chi connectivity index (χ1) is 13.6. The fourth-order valence-electron chi connectivity index (χ4n) is 3.32. The van der Waals surface area contributed by atoms with Gasteiger partial charge in [-0.2, -0.15) is 5.10 Å². The van der Waals surface area contributed by atoms with E-state index in [1.165, 1.54) is 0 Å². The predicted octanol–water partition coefficient (Wildman–Crippen LogP) is 2.40. The first-order valence-electron chi connectivity index (χ1n) is 9.42. The van der Waals surface area contributed by atoms with Crippen molar-refractivity contribution in [3.63, 3.8) is 0 Å². The number of nitrogens with zero attached hydrogens (tertiary/aromatic N) is 3. The van der Waals surface area contributed by atoms with Crippen LogP contribution in [0.1, 0.15) is 19.8 Å². The molecule has 2 heterocycles. The van der Waals surface area contributed by atoms with E-state index in [2.05, 4.69) is 25.7 Å². The Hall–Kier alpha value is -2.87. The molecular weight excluding hydrogens is 358 g/mol. The number of aromatic nitrogens is 2. The summed E-state index contributed by atoms with van der Waals surface area (Å²) in [5, 5.41) is 14.3. The van der Waals surface area contributed by atoms with Crippen LogP contribution in [0.2, 0.25) is 0 Å². The largest absolute Gasteiger partial charge is 0.497 e. The van der Waals surface area contributed by atoms with Crippen molar-refractivity contribution in [1.29, 1.82) is 0 Å². The second-order valence-corrected chi connectivity index (χ2v) is 6.79. The van der Waals surface area contributed by atoms with Crippen LogP contribution in [0, 0.1) is 0 Å². The molecule has 1 fully saturated rings. The molecule has 1 aromatic heterocycles. The Morgan fingerprint density at radius 3 is 2.64 bits per heavy atom. The number of hydrogen-bond acceptors (Lipinski definition) is 7. The quantitative estimate of drug-likeness (QED) is 0.756. The van der Waals surface area contributed by atoms with Crippen LogP contribution in [0.25, 0.3) is 0 Å². The number of nitrogens with one attached hydrogen (secondary N) is 2. The number of methoxy groups -OCH3 is 2. The molecule has 8 nitrogen and oxygen atoms in total. The van der Waals surface area contributed by atoms with Crippen molar-refractivity contribution in [2.24, 2.45) is 0 Å². The molecule has 2 aromatic rings. The standard InChI is InChI=1S/C20H27N5O3/c1-14(20(26)23-17-7-6-16(27-2)13-18(17)28-3)25-11-8-15(9-12-25)22-19-5-4-10-21-24-19/h4-7,10,13-15H,8-9,11-12H2,1-3H3,(H,22,24)(H,23,26). The van der Waals surface area contributed by atoms with Crippen LogP contribution >= 0.6 is 0 Å². The Morgan fingerprint density at radius 1 is 1.21 bits per heavy atom. The fraction of sp³-hybridized carbons (Fsp3) is 0.450. The van der Waals surface area contributed by atoms with E-state index in [1.807, 2.05) is 19.1 Å². The van der Waals surface area contributed by atoms with Gasteiger partial charge in [-0.1, -0.05) is 0 Å². The Balaban J connectivity index is 1.53. The zero-order valence-electron chi connectivity index (χ0n) is 16.5. The molecule has 0 bridgehead atoms. The lowest BCUT2D eigenvalue weighted by Crippen LogP contribution is -2.48. The van der Waals surface area contributed by atoms with Crippen molar-refractivity contribution in [3.05, 3.63) is 36.5 Å². The summed E-state index contributed by atoms with van der Waals surface area (Å²) in [6.45, 7) is 3.61. The van der Waals surface area contributed by atoms with Gasteiger partial charge in [0.2, 0.25) is 5.91 Å². The van der Waals surface area contributed by atoms with Crippen LogP contribution in [0.15, 0.2) is 36.5 Å². The van der Waals surface area contributed by atoms with Crippen LogP contribution in [-0.2, 0) is 4.79 Å². The number of benzene rings is 1. The summed E-state index contributed by atoms with van der Waals surface area (Å²) < 4.78 is 10.6. The highest BCUT2D eigenvalue weighted by Gasteiger charge is 2.27. The van der Waals surface area contributed by atoms with Crippen molar-refractivity contribution in [3.8, 4) is 11.5 Å². The zero-order valence-corrected chi connectivity index (χ0v) is 16.5. The van der Waals surface area contributed by atoms with E-state index in [1.54, 1.807) is 38.6 Å². The summed E-state index contributed by atoms with van der Waals surface area (Å²) in [6, 6.07) is 9.23. The van der Waals surface area contributed by atoms with Crippen molar-refractivity contribution >= 4 is 17.4 Å². The van der Waals surface area contributed by atoms with E-state index in [-0.39, 0.29) is 11.9 Å². The molecule has 2 N–H and O–H groups in total. The summed E-state index contributed by atoms with van der Waals surface area (Å²) in [5.41, 5.74) is 0.638. The molecule has 0 radical (unpaired) electrons. The minimum absolute atomic E-state index is 0.0520. The van der Waals surface area contributed by atoms with Crippen LogP contribution in [0.3, 0.4) is 0 Å². The van der Waals surface area contributed by atoms with Crippen molar-refractivity contribution < 1.29 is 14.3 Å². The number of likely N-dealkylation sites (tertiary alicyclic amines) is 1. The summed E-state index contributed by atoms with van der Waals surface area (Å²) >= 11 is 0. The Kier molecular flexibility index (Phi) is 6.65. The second kappa shape index (κ2) is 9.36. The topological polar surface area (TPSA) is 88.6 Å². The molecule has 28 heavy (non-hydrogen) atoms. The van der Waals surface area contributed by atoms with E-state index < -0.39 is 0 Å². The molecule has 1 aromatic carbocycles. The van der Waals surface area contributed by atoms with E-state index >= 15 is 0 Å². The summed E-state index contributed by atoms with van der Waals surface area (Å²) in [7, 11) is 3.17.